The Hall–Kier alpha value is -1.62. The van der Waals surface area contributed by atoms with Gasteiger partial charge in [0.05, 0.1) is 7.11 Å². The van der Waals surface area contributed by atoms with Crippen LogP contribution in [-0.4, -0.2) is 25.7 Å². The van der Waals surface area contributed by atoms with Crippen molar-refractivity contribution in [1.29, 1.82) is 0 Å². The monoisotopic (exact) mass is 253 g/mol. The zero-order valence-corrected chi connectivity index (χ0v) is 10.2. The van der Waals surface area contributed by atoms with Gasteiger partial charge in [0, 0.05) is 18.4 Å². The van der Waals surface area contributed by atoms with Gasteiger partial charge in [-0.05, 0) is 31.4 Å². The summed E-state index contributed by atoms with van der Waals surface area (Å²) in [6.45, 7) is 0.616. The molecule has 0 saturated carbocycles. The Morgan fingerprint density at radius 1 is 1.50 bits per heavy atom. The van der Waals surface area contributed by atoms with Gasteiger partial charge in [-0.3, -0.25) is 4.79 Å². The normalized spacial score (nSPS) is 19.3. The molecule has 1 aliphatic heterocycles. The van der Waals surface area contributed by atoms with Gasteiger partial charge in [0.1, 0.15) is 6.10 Å². The van der Waals surface area contributed by atoms with Crippen LogP contribution < -0.4 is 10.1 Å². The van der Waals surface area contributed by atoms with Crippen molar-refractivity contribution in [3.63, 3.8) is 0 Å². The number of halogens is 1. The SMILES string of the molecule is COc1cc(NC(=O)C2CCCCO2)ccc1F. The maximum absolute atomic E-state index is 13.2. The summed E-state index contributed by atoms with van der Waals surface area (Å²) >= 11 is 0. The van der Waals surface area contributed by atoms with E-state index in [0.29, 0.717) is 12.3 Å². The maximum atomic E-state index is 13.2. The fourth-order valence-electron chi connectivity index (χ4n) is 1.91. The third kappa shape index (κ3) is 2.98. The number of benzene rings is 1. The molecule has 1 unspecified atom stereocenters. The molecule has 2 rings (SSSR count). The highest BCUT2D eigenvalue weighted by Gasteiger charge is 2.22. The first kappa shape index (κ1) is 12.8. The van der Waals surface area contributed by atoms with Crippen LogP contribution in [0, 0.1) is 5.82 Å². The lowest BCUT2D eigenvalue weighted by Gasteiger charge is -2.21. The van der Waals surface area contributed by atoms with Gasteiger partial charge in [-0.15, -0.1) is 0 Å². The summed E-state index contributed by atoms with van der Waals surface area (Å²) < 4.78 is 23.4. The third-order valence-electron chi connectivity index (χ3n) is 2.89. The second-order valence-electron chi connectivity index (χ2n) is 4.19. The first-order valence-corrected chi connectivity index (χ1v) is 5.96. The molecule has 1 atom stereocenters. The van der Waals surface area contributed by atoms with Crippen molar-refractivity contribution in [3.05, 3.63) is 24.0 Å². The van der Waals surface area contributed by atoms with E-state index in [4.69, 9.17) is 9.47 Å². The minimum Gasteiger partial charge on any atom is -0.494 e. The van der Waals surface area contributed by atoms with Crippen LogP contribution in [0.15, 0.2) is 18.2 Å². The second kappa shape index (κ2) is 5.82. The quantitative estimate of drug-likeness (QED) is 0.899. The van der Waals surface area contributed by atoms with Crippen LogP contribution in [0.1, 0.15) is 19.3 Å². The molecular formula is C13H16FNO3. The highest BCUT2D eigenvalue weighted by Crippen LogP contribution is 2.22. The Kier molecular flexibility index (Phi) is 4.15. The van der Waals surface area contributed by atoms with Gasteiger partial charge in [0.15, 0.2) is 11.6 Å². The molecule has 4 nitrogen and oxygen atoms in total. The molecule has 0 spiro atoms. The molecule has 1 N–H and O–H groups in total. The van der Waals surface area contributed by atoms with E-state index in [9.17, 15) is 9.18 Å². The van der Waals surface area contributed by atoms with Gasteiger partial charge in [-0.25, -0.2) is 4.39 Å². The van der Waals surface area contributed by atoms with E-state index in [1.54, 1.807) is 0 Å². The molecule has 0 aromatic heterocycles. The van der Waals surface area contributed by atoms with E-state index in [0.717, 1.165) is 19.3 Å². The molecule has 5 heteroatoms. The summed E-state index contributed by atoms with van der Waals surface area (Å²) in [6, 6.07) is 4.21. The summed E-state index contributed by atoms with van der Waals surface area (Å²) in [5, 5.41) is 2.70. The number of carbonyl (C=O) groups is 1. The van der Waals surface area contributed by atoms with Gasteiger partial charge in [0.25, 0.3) is 5.91 Å². The summed E-state index contributed by atoms with van der Waals surface area (Å²) in [4.78, 5) is 11.9. The highest BCUT2D eigenvalue weighted by atomic mass is 19.1. The molecule has 1 saturated heterocycles. The van der Waals surface area contributed by atoms with Crippen LogP contribution in [0.3, 0.4) is 0 Å². The van der Waals surface area contributed by atoms with Crippen molar-refractivity contribution < 1.29 is 18.7 Å². The van der Waals surface area contributed by atoms with Crippen molar-refractivity contribution >= 4 is 11.6 Å². The number of hydrogen-bond acceptors (Lipinski definition) is 3. The van der Waals surface area contributed by atoms with E-state index in [2.05, 4.69) is 5.32 Å². The van der Waals surface area contributed by atoms with Crippen LogP contribution in [0.2, 0.25) is 0 Å². The molecule has 1 fully saturated rings. The molecule has 1 aromatic rings. The lowest BCUT2D eigenvalue weighted by molar-refractivity contribution is -0.129. The predicted octanol–water partition coefficient (Wildman–Crippen LogP) is 2.34. The Bertz CT molecular complexity index is 430. The van der Waals surface area contributed by atoms with E-state index in [-0.39, 0.29) is 11.7 Å². The van der Waals surface area contributed by atoms with E-state index < -0.39 is 11.9 Å². The lowest BCUT2D eigenvalue weighted by atomic mass is 10.1. The molecule has 18 heavy (non-hydrogen) atoms. The number of carbonyl (C=O) groups excluding carboxylic acids is 1. The van der Waals surface area contributed by atoms with Crippen molar-refractivity contribution in [2.45, 2.75) is 25.4 Å². The lowest BCUT2D eigenvalue weighted by Crippen LogP contribution is -2.33. The summed E-state index contributed by atoms with van der Waals surface area (Å²) in [6.07, 6.45) is 2.30. The predicted molar refractivity (Wildman–Crippen MR) is 65.2 cm³/mol. The molecule has 1 aromatic carbocycles. The first-order valence-electron chi connectivity index (χ1n) is 5.96. The molecule has 1 aliphatic rings. The van der Waals surface area contributed by atoms with Gasteiger partial charge >= 0.3 is 0 Å². The molecule has 0 radical (unpaired) electrons. The molecule has 1 amide bonds. The van der Waals surface area contributed by atoms with Crippen molar-refractivity contribution in [2.24, 2.45) is 0 Å². The Balaban J connectivity index is 2.02. The van der Waals surface area contributed by atoms with Gasteiger partial charge in [0.2, 0.25) is 0 Å². The van der Waals surface area contributed by atoms with E-state index in [1.165, 1.54) is 25.3 Å². The van der Waals surface area contributed by atoms with Gasteiger partial charge in [-0.1, -0.05) is 0 Å². The molecule has 0 aliphatic carbocycles. The smallest absolute Gasteiger partial charge is 0.253 e. The maximum Gasteiger partial charge on any atom is 0.253 e. The van der Waals surface area contributed by atoms with Crippen molar-refractivity contribution in [3.8, 4) is 5.75 Å². The topological polar surface area (TPSA) is 47.6 Å². The van der Waals surface area contributed by atoms with E-state index >= 15 is 0 Å². The summed E-state index contributed by atoms with van der Waals surface area (Å²) in [5.41, 5.74) is 0.507. The number of ether oxygens (including phenoxy) is 2. The third-order valence-corrected chi connectivity index (χ3v) is 2.89. The number of anilines is 1. The fraction of sp³-hybridized carbons (Fsp3) is 0.462. The average Bonchev–Trinajstić information content (AvgIpc) is 2.42. The standard InChI is InChI=1S/C13H16FNO3/c1-17-12-8-9(5-6-10(12)14)15-13(16)11-4-2-3-7-18-11/h5-6,8,11H,2-4,7H2,1H3,(H,15,16). The number of hydrogen-bond donors (Lipinski definition) is 1. The number of methoxy groups -OCH3 is 1. The number of rotatable bonds is 3. The van der Waals surface area contributed by atoms with Crippen molar-refractivity contribution in [1.82, 2.24) is 0 Å². The minimum atomic E-state index is -0.454. The number of nitrogens with one attached hydrogen (secondary N) is 1. The summed E-state index contributed by atoms with van der Waals surface area (Å²) in [7, 11) is 1.38. The largest absolute Gasteiger partial charge is 0.494 e. The number of amides is 1. The van der Waals surface area contributed by atoms with Crippen molar-refractivity contribution in [2.75, 3.05) is 19.0 Å². The Morgan fingerprint density at radius 3 is 3.00 bits per heavy atom. The minimum absolute atomic E-state index is 0.109. The van der Waals surface area contributed by atoms with E-state index in [1.807, 2.05) is 0 Å². The zero-order valence-electron chi connectivity index (χ0n) is 10.2. The highest BCUT2D eigenvalue weighted by molar-refractivity contribution is 5.94. The van der Waals surface area contributed by atoms with Crippen LogP contribution in [0.4, 0.5) is 10.1 Å². The molecule has 0 bridgehead atoms. The Labute approximate surface area is 105 Å². The molecular weight excluding hydrogens is 237 g/mol. The van der Waals surface area contributed by atoms with Gasteiger partial charge in [-0.2, -0.15) is 0 Å². The molecule has 1 heterocycles. The van der Waals surface area contributed by atoms with Crippen LogP contribution in [0.5, 0.6) is 5.75 Å². The van der Waals surface area contributed by atoms with Gasteiger partial charge < -0.3 is 14.8 Å². The van der Waals surface area contributed by atoms with Crippen LogP contribution in [-0.2, 0) is 9.53 Å². The second-order valence-corrected chi connectivity index (χ2v) is 4.19. The zero-order chi connectivity index (χ0) is 13.0. The fourth-order valence-corrected chi connectivity index (χ4v) is 1.91. The Morgan fingerprint density at radius 2 is 2.33 bits per heavy atom. The summed E-state index contributed by atoms with van der Waals surface area (Å²) in [5.74, 6) is -0.537. The average molecular weight is 253 g/mol. The first-order chi connectivity index (χ1) is 8.70. The van der Waals surface area contributed by atoms with Crippen LogP contribution in [0.25, 0.3) is 0 Å². The molecule has 98 valence electrons. The van der Waals surface area contributed by atoms with Crippen LogP contribution >= 0.6 is 0 Å².